The molecular weight excluding hydrogens is 334 g/mol. The van der Waals surface area contributed by atoms with E-state index < -0.39 is 5.97 Å². The largest absolute Gasteiger partial charge is 0.497 e. The highest BCUT2D eigenvalue weighted by Gasteiger charge is 2.28. The van der Waals surface area contributed by atoms with Crippen LogP contribution in [0.15, 0.2) is 36.7 Å². The number of aromatic carboxylic acids is 1. The second kappa shape index (κ2) is 7.95. The molecule has 7 nitrogen and oxygen atoms in total. The van der Waals surface area contributed by atoms with Crippen molar-refractivity contribution in [3.8, 4) is 5.75 Å². The predicted molar refractivity (Wildman–Crippen MR) is 94.2 cm³/mol. The Morgan fingerprint density at radius 1 is 1.08 bits per heavy atom. The van der Waals surface area contributed by atoms with Crippen LogP contribution >= 0.6 is 0 Å². The molecule has 2 heterocycles. The molecule has 1 N–H and O–H groups in total. The third kappa shape index (κ3) is 3.82. The Hall–Kier alpha value is -2.96. The van der Waals surface area contributed by atoms with E-state index in [0.29, 0.717) is 6.54 Å². The maximum absolute atomic E-state index is 13.0. The van der Waals surface area contributed by atoms with E-state index in [1.165, 1.54) is 6.20 Å². The topological polar surface area (TPSA) is 92.6 Å². The average molecular weight is 355 g/mol. The first-order valence-corrected chi connectivity index (χ1v) is 8.60. The van der Waals surface area contributed by atoms with E-state index in [0.717, 1.165) is 43.2 Å². The molecular formula is C19H21N3O4. The summed E-state index contributed by atoms with van der Waals surface area (Å²) in [5.74, 6) is -0.616. The lowest BCUT2D eigenvalue weighted by atomic mass is 10.0. The van der Waals surface area contributed by atoms with Gasteiger partial charge in [0, 0.05) is 6.54 Å². The molecule has 1 aromatic heterocycles. The third-order valence-corrected chi connectivity index (χ3v) is 4.60. The summed E-state index contributed by atoms with van der Waals surface area (Å²) in [6.45, 7) is 0.637. The monoisotopic (exact) mass is 355 g/mol. The first-order valence-electron chi connectivity index (χ1n) is 8.60. The Labute approximate surface area is 151 Å². The van der Waals surface area contributed by atoms with Gasteiger partial charge in [0.25, 0.3) is 5.91 Å². The molecule has 3 rings (SSSR count). The van der Waals surface area contributed by atoms with Gasteiger partial charge in [-0.3, -0.25) is 4.79 Å². The van der Waals surface area contributed by atoms with E-state index >= 15 is 0 Å². The van der Waals surface area contributed by atoms with Gasteiger partial charge in [-0.15, -0.1) is 0 Å². The number of likely N-dealkylation sites (tertiary alicyclic amines) is 1. The quantitative estimate of drug-likeness (QED) is 0.906. The van der Waals surface area contributed by atoms with Crippen LogP contribution in [0.2, 0.25) is 0 Å². The van der Waals surface area contributed by atoms with Crippen LogP contribution in [-0.4, -0.2) is 45.5 Å². The number of rotatable bonds is 4. The molecule has 0 bridgehead atoms. The third-order valence-electron chi connectivity index (χ3n) is 4.60. The lowest BCUT2D eigenvalue weighted by Crippen LogP contribution is -2.35. The molecule has 2 aromatic rings. The van der Waals surface area contributed by atoms with Gasteiger partial charge >= 0.3 is 5.97 Å². The van der Waals surface area contributed by atoms with E-state index in [2.05, 4.69) is 9.97 Å². The minimum absolute atomic E-state index is 0.0446. The van der Waals surface area contributed by atoms with Crippen LogP contribution in [0.1, 0.15) is 58.3 Å². The fourth-order valence-corrected chi connectivity index (χ4v) is 3.22. The molecule has 1 atom stereocenters. The van der Waals surface area contributed by atoms with Crippen molar-refractivity contribution in [2.75, 3.05) is 13.7 Å². The van der Waals surface area contributed by atoms with Crippen molar-refractivity contribution in [1.29, 1.82) is 0 Å². The number of carbonyl (C=O) groups is 2. The first kappa shape index (κ1) is 17.8. The smallest absolute Gasteiger partial charge is 0.356 e. The summed E-state index contributed by atoms with van der Waals surface area (Å²) in [6.07, 6.45) is 6.28. The van der Waals surface area contributed by atoms with Crippen LogP contribution in [0, 0.1) is 0 Å². The summed E-state index contributed by atoms with van der Waals surface area (Å²) in [5, 5.41) is 8.93. The zero-order valence-corrected chi connectivity index (χ0v) is 14.6. The van der Waals surface area contributed by atoms with Crippen LogP contribution in [-0.2, 0) is 0 Å². The molecule has 0 aliphatic carbocycles. The van der Waals surface area contributed by atoms with Crippen molar-refractivity contribution < 1.29 is 19.4 Å². The molecule has 1 aromatic carbocycles. The number of hydrogen-bond acceptors (Lipinski definition) is 5. The van der Waals surface area contributed by atoms with Gasteiger partial charge in [0.05, 0.1) is 25.5 Å². The summed E-state index contributed by atoms with van der Waals surface area (Å²) < 4.78 is 5.21. The fourth-order valence-electron chi connectivity index (χ4n) is 3.22. The lowest BCUT2D eigenvalue weighted by Gasteiger charge is -2.30. The molecule has 136 valence electrons. The Morgan fingerprint density at radius 2 is 1.77 bits per heavy atom. The minimum atomic E-state index is -1.16. The summed E-state index contributed by atoms with van der Waals surface area (Å²) >= 11 is 0. The van der Waals surface area contributed by atoms with Crippen molar-refractivity contribution in [3.63, 3.8) is 0 Å². The van der Waals surface area contributed by atoms with Crippen LogP contribution in [0.4, 0.5) is 0 Å². The normalized spacial score (nSPS) is 17.4. The second-order valence-corrected chi connectivity index (χ2v) is 6.23. The van der Waals surface area contributed by atoms with Crippen molar-refractivity contribution in [3.05, 3.63) is 53.6 Å². The van der Waals surface area contributed by atoms with Crippen LogP contribution in [0.3, 0.4) is 0 Å². The Kier molecular flexibility index (Phi) is 5.46. The van der Waals surface area contributed by atoms with Gasteiger partial charge in [0.2, 0.25) is 0 Å². The van der Waals surface area contributed by atoms with E-state index in [1.54, 1.807) is 7.11 Å². The number of methoxy groups -OCH3 is 1. The molecule has 26 heavy (non-hydrogen) atoms. The summed E-state index contributed by atoms with van der Waals surface area (Å²) in [5.41, 5.74) is 1.04. The van der Waals surface area contributed by atoms with Crippen molar-refractivity contribution in [2.45, 2.75) is 31.7 Å². The van der Waals surface area contributed by atoms with Crippen LogP contribution < -0.4 is 4.74 Å². The standard InChI is InChI=1S/C19H21N3O4/c1-26-14-8-6-13(7-9-14)17-5-3-2-4-10-22(17)18(23)15-11-21-16(12-20-15)19(24)25/h6-9,11-12,17H,2-5,10H2,1H3,(H,24,25). The number of aromatic nitrogens is 2. The highest BCUT2D eigenvalue weighted by atomic mass is 16.5. The van der Waals surface area contributed by atoms with Gasteiger partial charge in [-0.1, -0.05) is 25.0 Å². The van der Waals surface area contributed by atoms with Crippen molar-refractivity contribution >= 4 is 11.9 Å². The SMILES string of the molecule is COc1ccc(C2CCCCCN2C(=O)c2cnc(C(=O)O)cn2)cc1. The van der Waals surface area contributed by atoms with Gasteiger partial charge in [-0.05, 0) is 30.5 Å². The molecule has 1 amide bonds. The summed E-state index contributed by atoms with van der Waals surface area (Å²) in [6, 6.07) is 7.70. The van der Waals surface area contributed by atoms with Gasteiger partial charge in [0.15, 0.2) is 5.69 Å². The minimum Gasteiger partial charge on any atom is -0.497 e. The number of hydrogen-bond donors (Lipinski definition) is 1. The zero-order valence-electron chi connectivity index (χ0n) is 14.6. The molecule has 1 unspecified atom stereocenters. The molecule has 7 heteroatoms. The summed E-state index contributed by atoms with van der Waals surface area (Å²) in [7, 11) is 1.62. The predicted octanol–water partition coefficient (Wildman–Crippen LogP) is 2.94. The Morgan fingerprint density at radius 3 is 2.38 bits per heavy atom. The van der Waals surface area contributed by atoms with Crippen molar-refractivity contribution in [2.24, 2.45) is 0 Å². The molecule has 1 fully saturated rings. The van der Waals surface area contributed by atoms with Crippen LogP contribution in [0.25, 0.3) is 0 Å². The average Bonchev–Trinajstić information content (AvgIpc) is 2.93. The molecule has 0 spiro atoms. The maximum atomic E-state index is 13.0. The molecule has 1 aliphatic rings. The van der Waals surface area contributed by atoms with E-state index in [9.17, 15) is 9.59 Å². The highest BCUT2D eigenvalue weighted by molar-refractivity contribution is 5.93. The van der Waals surface area contributed by atoms with Gasteiger partial charge in [0.1, 0.15) is 11.4 Å². The number of carboxylic acid groups (broad SMARTS) is 1. The molecule has 0 radical (unpaired) electrons. The number of nitrogens with zero attached hydrogens (tertiary/aromatic N) is 3. The number of carbonyl (C=O) groups excluding carboxylic acids is 1. The first-order chi connectivity index (χ1) is 12.6. The van der Waals surface area contributed by atoms with Crippen LogP contribution in [0.5, 0.6) is 5.75 Å². The van der Waals surface area contributed by atoms with Gasteiger partial charge < -0.3 is 14.7 Å². The number of carboxylic acids is 1. The Bertz CT molecular complexity index is 774. The molecule has 1 saturated heterocycles. The summed E-state index contributed by atoms with van der Waals surface area (Å²) in [4.78, 5) is 33.5. The highest BCUT2D eigenvalue weighted by Crippen LogP contribution is 2.32. The fraction of sp³-hybridized carbons (Fsp3) is 0.368. The number of amides is 1. The van der Waals surface area contributed by atoms with E-state index in [4.69, 9.17) is 9.84 Å². The second-order valence-electron chi connectivity index (χ2n) is 6.23. The number of benzene rings is 1. The molecule has 1 aliphatic heterocycles. The molecule has 0 saturated carbocycles. The Balaban J connectivity index is 1.87. The van der Waals surface area contributed by atoms with Crippen molar-refractivity contribution in [1.82, 2.24) is 14.9 Å². The van der Waals surface area contributed by atoms with E-state index in [1.807, 2.05) is 29.2 Å². The van der Waals surface area contributed by atoms with E-state index in [-0.39, 0.29) is 23.3 Å². The maximum Gasteiger partial charge on any atom is 0.356 e. The van der Waals surface area contributed by atoms with Gasteiger partial charge in [-0.25, -0.2) is 14.8 Å². The zero-order chi connectivity index (χ0) is 18.5. The lowest BCUT2D eigenvalue weighted by molar-refractivity contribution is 0.0663. The number of ether oxygens (including phenoxy) is 1. The van der Waals surface area contributed by atoms with Gasteiger partial charge in [-0.2, -0.15) is 0 Å².